The maximum Gasteiger partial charge on any atom is 0.169 e. The lowest BCUT2D eigenvalue weighted by Crippen LogP contribution is -2.34. The molecule has 2 atom stereocenters. The third-order valence-corrected chi connectivity index (χ3v) is 4.58. The third-order valence-electron chi connectivity index (χ3n) is 3.97. The molecule has 2 nitrogen and oxygen atoms in total. The Morgan fingerprint density at radius 3 is 2.90 bits per heavy atom. The number of benzene rings is 1. The highest BCUT2D eigenvalue weighted by Crippen LogP contribution is 2.27. The maximum absolute atomic E-state index is 13.9. The minimum atomic E-state index is -0.802. The molecule has 2 unspecified atom stereocenters. The van der Waals surface area contributed by atoms with Crippen molar-refractivity contribution in [2.24, 2.45) is 11.8 Å². The summed E-state index contributed by atoms with van der Waals surface area (Å²) in [5.74, 6) is -1.54. The first-order valence-corrected chi connectivity index (χ1v) is 7.67. The van der Waals surface area contributed by atoms with Crippen LogP contribution >= 0.6 is 15.9 Å². The van der Waals surface area contributed by atoms with Crippen LogP contribution in [0.25, 0.3) is 0 Å². The maximum atomic E-state index is 13.9. The molecule has 110 valence electrons. The van der Waals surface area contributed by atoms with Gasteiger partial charge < -0.3 is 5.32 Å². The van der Waals surface area contributed by atoms with Crippen LogP contribution in [0.15, 0.2) is 16.6 Å². The Bertz CT molecular complexity index is 501. The van der Waals surface area contributed by atoms with E-state index in [2.05, 4.69) is 21.2 Å². The quantitative estimate of drug-likeness (QED) is 0.661. The number of Topliss-reactive ketones (excluding diaryl/α,β-unsaturated/α-hetero) is 1. The Balaban J connectivity index is 2.10. The van der Waals surface area contributed by atoms with Crippen molar-refractivity contribution >= 4 is 21.7 Å². The SMILES string of the molecule is CC(CC(=O)c1c(F)ccc(Br)c1F)C1CCCNC1. The number of hydrogen-bond acceptors (Lipinski definition) is 2. The van der Waals surface area contributed by atoms with E-state index < -0.39 is 23.0 Å². The molecule has 1 aromatic carbocycles. The standard InChI is InChI=1S/C15H18BrF2NO/c1-9(10-3-2-6-19-8-10)7-13(20)14-12(17)5-4-11(16)15(14)18/h4-5,9-10,19H,2-3,6-8H2,1H3. The van der Waals surface area contributed by atoms with Crippen molar-refractivity contribution in [3.63, 3.8) is 0 Å². The Hall–Kier alpha value is -0.810. The summed E-state index contributed by atoms with van der Waals surface area (Å²) < 4.78 is 27.7. The fourth-order valence-corrected chi connectivity index (χ4v) is 3.04. The normalized spacial score (nSPS) is 20.7. The van der Waals surface area contributed by atoms with Gasteiger partial charge in [0.2, 0.25) is 0 Å². The van der Waals surface area contributed by atoms with E-state index in [-0.39, 0.29) is 16.8 Å². The van der Waals surface area contributed by atoms with Crippen LogP contribution in [0.4, 0.5) is 8.78 Å². The predicted molar refractivity (Wildman–Crippen MR) is 77.8 cm³/mol. The van der Waals surface area contributed by atoms with E-state index in [9.17, 15) is 13.6 Å². The monoisotopic (exact) mass is 345 g/mol. The highest BCUT2D eigenvalue weighted by molar-refractivity contribution is 9.10. The molecule has 1 aliphatic heterocycles. The fourth-order valence-electron chi connectivity index (χ4n) is 2.71. The van der Waals surface area contributed by atoms with Crippen LogP contribution in [-0.2, 0) is 0 Å². The van der Waals surface area contributed by atoms with E-state index >= 15 is 0 Å². The van der Waals surface area contributed by atoms with Crippen molar-refractivity contribution in [2.45, 2.75) is 26.2 Å². The van der Waals surface area contributed by atoms with Gasteiger partial charge in [-0.15, -0.1) is 0 Å². The molecule has 0 aromatic heterocycles. The zero-order chi connectivity index (χ0) is 14.7. The van der Waals surface area contributed by atoms with E-state index in [0.717, 1.165) is 32.0 Å². The van der Waals surface area contributed by atoms with E-state index in [4.69, 9.17) is 0 Å². The van der Waals surface area contributed by atoms with Crippen LogP contribution in [0, 0.1) is 23.5 Å². The van der Waals surface area contributed by atoms with Gasteiger partial charge in [-0.2, -0.15) is 0 Å². The molecule has 0 spiro atoms. The fraction of sp³-hybridized carbons (Fsp3) is 0.533. The Labute approximate surface area is 126 Å². The molecule has 2 rings (SSSR count). The van der Waals surface area contributed by atoms with Gasteiger partial charge in [-0.3, -0.25) is 4.79 Å². The molecule has 1 N–H and O–H groups in total. The first kappa shape index (κ1) is 15.6. The smallest absolute Gasteiger partial charge is 0.169 e. The minimum absolute atomic E-state index is 0.119. The van der Waals surface area contributed by atoms with Crippen molar-refractivity contribution in [1.29, 1.82) is 0 Å². The lowest BCUT2D eigenvalue weighted by atomic mass is 9.83. The predicted octanol–water partition coefficient (Wildman–Crippen LogP) is 3.94. The van der Waals surface area contributed by atoms with E-state index in [0.29, 0.717) is 5.92 Å². The number of carbonyl (C=O) groups is 1. The molecule has 1 aromatic rings. The van der Waals surface area contributed by atoms with Gasteiger partial charge in [-0.1, -0.05) is 6.92 Å². The number of hydrogen-bond donors (Lipinski definition) is 1. The summed E-state index contributed by atoms with van der Waals surface area (Å²) in [6.07, 6.45) is 2.32. The Morgan fingerprint density at radius 2 is 2.25 bits per heavy atom. The highest BCUT2D eigenvalue weighted by Gasteiger charge is 2.26. The zero-order valence-electron chi connectivity index (χ0n) is 11.4. The van der Waals surface area contributed by atoms with Crippen molar-refractivity contribution in [1.82, 2.24) is 5.32 Å². The largest absolute Gasteiger partial charge is 0.316 e. The number of nitrogens with one attached hydrogen (secondary N) is 1. The summed E-state index contributed by atoms with van der Waals surface area (Å²) in [7, 11) is 0. The van der Waals surface area contributed by atoms with Gasteiger partial charge in [0, 0.05) is 6.42 Å². The van der Waals surface area contributed by atoms with Crippen molar-refractivity contribution < 1.29 is 13.6 Å². The second-order valence-electron chi connectivity index (χ2n) is 5.43. The van der Waals surface area contributed by atoms with E-state index in [1.54, 1.807) is 0 Å². The average molecular weight is 346 g/mol. The number of halogens is 3. The van der Waals surface area contributed by atoms with Crippen molar-refractivity contribution in [3.05, 3.63) is 33.8 Å². The lowest BCUT2D eigenvalue weighted by molar-refractivity contribution is 0.0934. The second kappa shape index (κ2) is 6.76. The van der Waals surface area contributed by atoms with Crippen molar-refractivity contribution in [3.8, 4) is 0 Å². The van der Waals surface area contributed by atoms with Crippen LogP contribution in [0.5, 0.6) is 0 Å². The molecule has 0 saturated carbocycles. The molecule has 1 aliphatic rings. The van der Waals surface area contributed by atoms with Crippen LogP contribution in [0.3, 0.4) is 0 Å². The topological polar surface area (TPSA) is 29.1 Å². The Kier molecular flexibility index (Phi) is 5.27. The molecular formula is C15H18BrF2NO. The van der Waals surface area contributed by atoms with Gasteiger partial charge in [0.25, 0.3) is 0 Å². The third kappa shape index (κ3) is 3.44. The molecule has 0 bridgehead atoms. The summed E-state index contributed by atoms with van der Waals surface area (Å²) in [5, 5.41) is 3.29. The number of piperidine rings is 1. The minimum Gasteiger partial charge on any atom is -0.316 e. The summed E-state index contributed by atoms with van der Waals surface area (Å²) in [6, 6.07) is 2.39. The van der Waals surface area contributed by atoms with Crippen LogP contribution in [0.1, 0.15) is 36.5 Å². The lowest BCUT2D eigenvalue weighted by Gasteiger charge is -2.28. The molecule has 1 fully saturated rings. The number of rotatable bonds is 4. The highest BCUT2D eigenvalue weighted by atomic mass is 79.9. The van der Waals surface area contributed by atoms with E-state index in [1.165, 1.54) is 6.07 Å². The average Bonchev–Trinajstić information content (AvgIpc) is 2.44. The van der Waals surface area contributed by atoms with Gasteiger partial charge in [0.15, 0.2) is 11.6 Å². The first-order valence-electron chi connectivity index (χ1n) is 6.88. The van der Waals surface area contributed by atoms with Crippen molar-refractivity contribution in [2.75, 3.05) is 13.1 Å². The van der Waals surface area contributed by atoms with Gasteiger partial charge >= 0.3 is 0 Å². The summed E-state index contributed by atoms with van der Waals surface area (Å²) >= 11 is 2.99. The molecule has 1 heterocycles. The van der Waals surface area contributed by atoms with Crippen LogP contribution in [0.2, 0.25) is 0 Å². The molecule has 0 aliphatic carbocycles. The number of ketones is 1. The van der Waals surface area contributed by atoms with Gasteiger partial charge in [0.05, 0.1) is 10.0 Å². The second-order valence-corrected chi connectivity index (χ2v) is 6.28. The molecular weight excluding hydrogens is 328 g/mol. The molecule has 20 heavy (non-hydrogen) atoms. The van der Waals surface area contributed by atoms with Gasteiger partial charge in [0.1, 0.15) is 5.82 Å². The number of carbonyl (C=O) groups excluding carboxylic acids is 1. The van der Waals surface area contributed by atoms with E-state index in [1.807, 2.05) is 6.92 Å². The Morgan fingerprint density at radius 1 is 1.50 bits per heavy atom. The van der Waals surface area contributed by atoms with Gasteiger partial charge in [-0.05, 0) is 65.8 Å². The molecule has 0 amide bonds. The summed E-state index contributed by atoms with van der Waals surface area (Å²) in [5.41, 5.74) is -0.421. The van der Waals surface area contributed by atoms with Crippen LogP contribution < -0.4 is 5.32 Å². The zero-order valence-corrected chi connectivity index (χ0v) is 13.0. The molecule has 5 heteroatoms. The van der Waals surface area contributed by atoms with Gasteiger partial charge in [-0.25, -0.2) is 8.78 Å². The summed E-state index contributed by atoms with van der Waals surface area (Å²) in [6.45, 7) is 3.85. The van der Waals surface area contributed by atoms with Crippen LogP contribution in [-0.4, -0.2) is 18.9 Å². The molecule has 1 saturated heterocycles. The molecule has 0 radical (unpaired) electrons. The first-order chi connectivity index (χ1) is 9.50. The summed E-state index contributed by atoms with van der Waals surface area (Å²) in [4.78, 5) is 12.2.